The lowest BCUT2D eigenvalue weighted by Crippen LogP contribution is -2.34. The van der Waals surface area contributed by atoms with Gasteiger partial charge >= 0.3 is 0 Å². The number of nitrogens with one attached hydrogen (secondary N) is 1. The van der Waals surface area contributed by atoms with Crippen molar-refractivity contribution in [3.63, 3.8) is 0 Å². The van der Waals surface area contributed by atoms with Gasteiger partial charge in [0, 0.05) is 6.92 Å². The molecule has 74 valence electrons. The van der Waals surface area contributed by atoms with Gasteiger partial charge < -0.3 is 5.11 Å². The van der Waals surface area contributed by atoms with E-state index in [4.69, 9.17) is 15.6 Å². The molecule has 0 aromatic carbocycles. The Morgan fingerprint density at radius 3 is 2.21 bits per heavy atom. The standard InChI is InChI=1S/C6H11N2O.C2HN3/c1-6(9)8-4-3-7(2)5-8;3-1-5-2-4/h3-6,9H,1-2H3;5H/q+1;. The van der Waals surface area contributed by atoms with Crippen LogP contribution in [0.3, 0.4) is 0 Å². The number of hydrogen-bond donors (Lipinski definition) is 2. The van der Waals surface area contributed by atoms with Crippen LogP contribution < -0.4 is 9.88 Å². The molecular formula is C8H12N5O+. The molecule has 0 saturated carbocycles. The number of imidazole rings is 1. The number of aliphatic hydroxyl groups is 1. The van der Waals surface area contributed by atoms with Crippen molar-refractivity contribution in [1.29, 1.82) is 10.5 Å². The van der Waals surface area contributed by atoms with Gasteiger partial charge in [-0.25, -0.2) is 14.5 Å². The molecule has 0 saturated heterocycles. The average Bonchev–Trinajstić information content (AvgIpc) is 2.54. The van der Waals surface area contributed by atoms with Crippen molar-refractivity contribution >= 4 is 0 Å². The number of hydrogen-bond acceptors (Lipinski definition) is 4. The molecule has 0 amide bonds. The fourth-order valence-electron chi connectivity index (χ4n) is 0.715. The Morgan fingerprint density at radius 2 is 2.07 bits per heavy atom. The largest absolute Gasteiger partial charge is 0.355 e. The molecule has 0 fully saturated rings. The molecule has 6 nitrogen and oxygen atoms in total. The number of aliphatic hydroxyl groups excluding tert-OH is 1. The van der Waals surface area contributed by atoms with Crippen molar-refractivity contribution in [2.75, 3.05) is 0 Å². The maximum absolute atomic E-state index is 8.99. The van der Waals surface area contributed by atoms with E-state index in [1.807, 2.05) is 30.3 Å². The predicted octanol–water partition coefficient (Wildman–Crippen LogP) is -0.638. The second kappa shape index (κ2) is 6.46. The molecule has 2 N–H and O–H groups in total. The number of nitriles is 2. The Morgan fingerprint density at radius 1 is 1.50 bits per heavy atom. The molecule has 1 unspecified atom stereocenters. The molecule has 6 heteroatoms. The van der Waals surface area contributed by atoms with Crippen LogP contribution in [0.4, 0.5) is 0 Å². The normalized spacial score (nSPS) is 10.1. The third-order valence-electron chi connectivity index (χ3n) is 1.33. The zero-order chi connectivity index (χ0) is 11.0. The Labute approximate surface area is 82.2 Å². The highest BCUT2D eigenvalue weighted by Crippen LogP contribution is 1.85. The summed E-state index contributed by atoms with van der Waals surface area (Å²) >= 11 is 0. The zero-order valence-corrected chi connectivity index (χ0v) is 8.05. The summed E-state index contributed by atoms with van der Waals surface area (Å²) in [4.78, 5) is 0. The first-order valence-electron chi connectivity index (χ1n) is 3.85. The Hall–Kier alpha value is -2.05. The first-order chi connectivity index (χ1) is 6.61. The van der Waals surface area contributed by atoms with Gasteiger partial charge in [-0.15, -0.1) is 0 Å². The third-order valence-corrected chi connectivity index (χ3v) is 1.33. The van der Waals surface area contributed by atoms with Gasteiger partial charge in [-0.3, -0.25) is 0 Å². The van der Waals surface area contributed by atoms with E-state index in [2.05, 4.69) is 0 Å². The van der Waals surface area contributed by atoms with Crippen molar-refractivity contribution in [2.24, 2.45) is 7.05 Å². The number of aryl methyl sites for hydroxylation is 1. The van der Waals surface area contributed by atoms with Crippen LogP contribution in [0.1, 0.15) is 13.2 Å². The summed E-state index contributed by atoms with van der Waals surface area (Å²) in [6, 6.07) is 0. The molecule has 1 heterocycles. The summed E-state index contributed by atoms with van der Waals surface area (Å²) in [5.41, 5.74) is 0. The van der Waals surface area contributed by atoms with Gasteiger partial charge in [-0.2, -0.15) is 10.5 Å². The van der Waals surface area contributed by atoms with Crippen molar-refractivity contribution in [3.8, 4) is 12.4 Å². The molecule has 0 spiro atoms. The minimum absolute atomic E-state index is 0.425. The fourth-order valence-corrected chi connectivity index (χ4v) is 0.715. The molecule has 1 aromatic heterocycles. The van der Waals surface area contributed by atoms with Crippen molar-refractivity contribution in [2.45, 2.75) is 13.2 Å². The molecular weight excluding hydrogens is 182 g/mol. The minimum atomic E-state index is -0.425. The summed E-state index contributed by atoms with van der Waals surface area (Å²) < 4.78 is 3.60. The summed E-state index contributed by atoms with van der Waals surface area (Å²) in [5, 5.41) is 25.7. The van der Waals surface area contributed by atoms with Gasteiger partial charge in [0.05, 0.1) is 7.05 Å². The van der Waals surface area contributed by atoms with Gasteiger partial charge in [0.2, 0.25) is 6.33 Å². The van der Waals surface area contributed by atoms with E-state index < -0.39 is 6.23 Å². The van der Waals surface area contributed by atoms with Crippen molar-refractivity contribution < 1.29 is 9.67 Å². The van der Waals surface area contributed by atoms with Gasteiger partial charge in [0.1, 0.15) is 12.4 Å². The highest BCUT2D eigenvalue weighted by atomic mass is 16.3. The summed E-state index contributed by atoms with van der Waals surface area (Å²) in [6.45, 7) is 1.72. The zero-order valence-electron chi connectivity index (χ0n) is 8.05. The van der Waals surface area contributed by atoms with Crippen LogP contribution in [0.25, 0.3) is 0 Å². The highest BCUT2D eigenvalue weighted by molar-refractivity contribution is 4.77. The Bertz CT molecular complexity index is 331. The number of aromatic nitrogens is 2. The molecule has 0 aliphatic heterocycles. The smallest absolute Gasteiger partial charge is 0.245 e. The minimum Gasteiger partial charge on any atom is -0.355 e. The lowest BCUT2D eigenvalue weighted by atomic mass is 10.6. The molecule has 0 aliphatic carbocycles. The monoisotopic (exact) mass is 194 g/mol. The molecule has 1 aromatic rings. The second-order valence-corrected chi connectivity index (χ2v) is 2.51. The molecule has 1 rings (SSSR count). The van der Waals surface area contributed by atoms with Gasteiger partial charge in [0.15, 0.2) is 18.6 Å². The average molecular weight is 194 g/mol. The molecule has 14 heavy (non-hydrogen) atoms. The predicted molar refractivity (Wildman–Crippen MR) is 46.9 cm³/mol. The molecule has 0 bridgehead atoms. The quantitative estimate of drug-likeness (QED) is 0.353. The van der Waals surface area contributed by atoms with Crippen LogP contribution in [-0.2, 0) is 7.05 Å². The molecule has 1 atom stereocenters. The van der Waals surface area contributed by atoms with E-state index in [0.29, 0.717) is 0 Å². The van der Waals surface area contributed by atoms with Crippen LogP contribution in [0.5, 0.6) is 0 Å². The number of rotatable bonds is 1. The van der Waals surface area contributed by atoms with Gasteiger partial charge in [-0.1, -0.05) is 0 Å². The number of nitrogens with zero attached hydrogens (tertiary/aromatic N) is 4. The summed E-state index contributed by atoms with van der Waals surface area (Å²) in [7, 11) is 1.92. The summed E-state index contributed by atoms with van der Waals surface area (Å²) in [6.07, 6.45) is 7.92. The van der Waals surface area contributed by atoms with Gasteiger partial charge in [0.25, 0.3) is 0 Å². The Balaban J connectivity index is 0.000000292. The van der Waals surface area contributed by atoms with E-state index in [0.717, 1.165) is 0 Å². The second-order valence-electron chi connectivity index (χ2n) is 2.51. The Kier molecular flexibility index (Phi) is 5.52. The van der Waals surface area contributed by atoms with Crippen molar-refractivity contribution in [3.05, 3.63) is 18.7 Å². The van der Waals surface area contributed by atoms with E-state index in [-0.39, 0.29) is 0 Å². The van der Waals surface area contributed by atoms with Crippen molar-refractivity contribution in [1.82, 2.24) is 9.88 Å². The summed E-state index contributed by atoms with van der Waals surface area (Å²) in [5.74, 6) is 0. The van der Waals surface area contributed by atoms with Crippen LogP contribution in [0.15, 0.2) is 18.7 Å². The van der Waals surface area contributed by atoms with Gasteiger partial charge in [-0.05, 0) is 0 Å². The maximum Gasteiger partial charge on any atom is 0.245 e. The SMILES string of the molecule is CC(O)[n+]1ccn(C)c1.N#CNC#N. The first kappa shape index (κ1) is 11.9. The van der Waals surface area contributed by atoms with E-state index >= 15 is 0 Å². The molecule has 0 aliphatic rings. The molecule has 0 radical (unpaired) electrons. The van der Waals surface area contributed by atoms with Crippen LogP contribution in [0, 0.1) is 22.9 Å². The first-order valence-corrected chi connectivity index (χ1v) is 3.85. The van der Waals surface area contributed by atoms with E-state index in [1.54, 1.807) is 16.8 Å². The fraction of sp³-hybridized carbons (Fsp3) is 0.375. The van der Waals surface area contributed by atoms with Crippen LogP contribution >= 0.6 is 0 Å². The van der Waals surface area contributed by atoms with E-state index in [1.165, 1.54) is 12.4 Å². The van der Waals surface area contributed by atoms with Crippen LogP contribution in [-0.4, -0.2) is 9.67 Å². The lowest BCUT2D eigenvalue weighted by molar-refractivity contribution is -0.755. The maximum atomic E-state index is 8.99. The lowest BCUT2D eigenvalue weighted by Gasteiger charge is -1.94. The topological polar surface area (TPSA) is 88.7 Å². The van der Waals surface area contributed by atoms with Crippen LogP contribution in [0.2, 0.25) is 0 Å². The highest BCUT2D eigenvalue weighted by Gasteiger charge is 2.03. The van der Waals surface area contributed by atoms with E-state index in [9.17, 15) is 0 Å². The third kappa shape index (κ3) is 4.75.